The maximum atomic E-state index is 15.3. The number of alkyl halides is 14. The second-order valence-electron chi connectivity index (χ2n) is 11.2. The van der Waals surface area contributed by atoms with E-state index >= 15 is 8.78 Å². The van der Waals surface area contributed by atoms with Crippen molar-refractivity contribution in [3.05, 3.63) is 106 Å². The molecule has 0 amide bonds. The van der Waals surface area contributed by atoms with Crippen LogP contribution in [0.3, 0.4) is 0 Å². The van der Waals surface area contributed by atoms with Gasteiger partial charge in [-0.1, -0.05) is 35.4 Å². The van der Waals surface area contributed by atoms with Gasteiger partial charge in [0.25, 0.3) is 0 Å². The molecule has 0 aliphatic carbocycles. The van der Waals surface area contributed by atoms with Gasteiger partial charge >= 0.3 is 57.1 Å². The summed E-state index contributed by atoms with van der Waals surface area (Å²) < 4.78 is 249. The summed E-state index contributed by atoms with van der Waals surface area (Å²) in [5.41, 5.74) is -26.0. The molecule has 4 aromatic rings. The zero-order valence-electron chi connectivity index (χ0n) is 25.1. The molecule has 284 valence electrons. The zero-order chi connectivity index (χ0) is 38.9. The van der Waals surface area contributed by atoms with E-state index in [1.165, 1.54) is 13.8 Å². The van der Waals surface area contributed by atoms with Gasteiger partial charge in [0.15, 0.2) is 0 Å². The first-order chi connectivity index (χ1) is 23.0. The summed E-state index contributed by atoms with van der Waals surface area (Å²) in [6, 6.07) is 8.83. The van der Waals surface area contributed by atoms with Gasteiger partial charge in [-0.25, -0.2) is 8.78 Å². The molecule has 0 aliphatic rings. The fourth-order valence-electron chi connectivity index (χ4n) is 4.87. The van der Waals surface area contributed by atoms with Crippen LogP contribution in [0.15, 0.2) is 48.5 Å². The second-order valence-corrected chi connectivity index (χ2v) is 11.2. The molecule has 0 bridgehead atoms. The van der Waals surface area contributed by atoms with E-state index in [4.69, 9.17) is 0 Å². The molecule has 0 aliphatic heterocycles. The molecular weight excluding hydrogens is 937 g/mol. The number of benzene rings is 2. The maximum absolute atomic E-state index is 15.3. The number of pyridine rings is 2. The normalized spacial score (nSPS) is 13.6. The van der Waals surface area contributed by atoms with Crippen LogP contribution in [0.4, 0.5) is 79.0 Å². The number of aromatic nitrogens is 2. The summed E-state index contributed by atoms with van der Waals surface area (Å²) in [5, 5.41) is 0. The van der Waals surface area contributed by atoms with Gasteiger partial charge in [-0.2, -0.15) is 52.7 Å². The molecule has 2 heterocycles. The first kappa shape index (κ1) is 42.6. The Bertz CT molecular complexity index is 1790. The van der Waals surface area contributed by atoms with Gasteiger partial charge in [-0.15, -0.1) is 24.3 Å². The van der Waals surface area contributed by atoms with Crippen molar-refractivity contribution in [1.29, 1.82) is 0 Å². The Kier molecular flexibility index (Phi) is 11.1. The van der Waals surface area contributed by atoms with E-state index < -0.39 is 98.4 Å². The Morgan fingerprint density at radius 3 is 1.04 bits per heavy atom. The van der Waals surface area contributed by atoms with Crippen LogP contribution in [-0.4, -0.2) is 34.7 Å². The van der Waals surface area contributed by atoms with Gasteiger partial charge in [0.2, 0.25) is 0 Å². The molecule has 0 unspecified atom stereocenters. The first-order valence-electron chi connectivity index (χ1n) is 13.4. The predicted molar refractivity (Wildman–Crippen MR) is 139 cm³/mol. The minimum atomic E-state index is -6.91. The maximum Gasteiger partial charge on any atom is 2.00 e. The molecule has 0 radical (unpaired) electrons. The van der Waals surface area contributed by atoms with E-state index in [-0.39, 0.29) is 44.6 Å². The Labute approximate surface area is 294 Å². The van der Waals surface area contributed by atoms with Gasteiger partial charge in [-0.3, -0.25) is 17.6 Å². The van der Waals surface area contributed by atoms with E-state index in [1.54, 1.807) is 12.1 Å². The van der Waals surface area contributed by atoms with Gasteiger partial charge in [-0.05, 0) is 48.5 Å². The fourth-order valence-corrected chi connectivity index (χ4v) is 4.87. The largest absolute Gasteiger partial charge is 2.00 e. The molecule has 2 nitrogen and oxygen atoms in total. The third-order valence-electron chi connectivity index (χ3n) is 7.58. The van der Waals surface area contributed by atoms with Crippen molar-refractivity contribution in [1.82, 2.24) is 9.97 Å². The van der Waals surface area contributed by atoms with Crippen LogP contribution in [-0.2, 0) is 37.8 Å². The predicted octanol–water partition coefficient (Wildman–Crippen LogP) is 10.9. The minimum Gasteiger partial charge on any atom is -0.300 e. The van der Waals surface area contributed by atoms with Gasteiger partial charge in [0.1, 0.15) is 0 Å². The molecule has 0 spiro atoms. The van der Waals surface area contributed by atoms with Gasteiger partial charge in [0, 0.05) is 40.1 Å². The molecule has 0 N–H and O–H groups in total. The van der Waals surface area contributed by atoms with Crippen LogP contribution < -0.4 is 0 Å². The van der Waals surface area contributed by atoms with Crippen LogP contribution in [0.1, 0.15) is 36.4 Å². The summed E-state index contributed by atoms with van der Waals surface area (Å²) in [4.78, 5) is 7.82. The summed E-state index contributed by atoms with van der Waals surface area (Å²) in [5.74, 6) is -10.6. The Morgan fingerprint density at radius 1 is 0.481 bits per heavy atom. The smallest absolute Gasteiger partial charge is 0.300 e. The average Bonchev–Trinajstić information content (AvgIpc) is 2.99. The van der Waals surface area contributed by atoms with Crippen molar-refractivity contribution in [3.63, 3.8) is 0 Å². The van der Waals surface area contributed by atoms with Crippen molar-refractivity contribution >= 4 is 0 Å². The van der Waals surface area contributed by atoms with Crippen LogP contribution in [0.25, 0.3) is 22.5 Å². The Balaban J connectivity index is 0.00000729. The second kappa shape index (κ2) is 13.5. The van der Waals surface area contributed by atoms with E-state index in [2.05, 4.69) is 9.97 Å². The van der Waals surface area contributed by atoms with Gasteiger partial charge in [0.05, 0.1) is 0 Å². The summed E-state index contributed by atoms with van der Waals surface area (Å²) in [7, 11) is 0. The first-order valence-corrected chi connectivity index (χ1v) is 13.4. The molecule has 0 saturated carbocycles. The SMILES string of the molecule is CC(C)(c1cccc(-c2[c-]cc(F)c(C(F)(C(F)(F)F)C(F)(F)F)c2F)n1)c1cccc(-c2[c-]cc(F)c(C(F)(C(F)(F)F)C(F)(F)F)c2F)n1.[Pt+2]. The molecule has 4 rings (SSSR count). The summed E-state index contributed by atoms with van der Waals surface area (Å²) in [6.07, 6.45) is -27.6. The van der Waals surface area contributed by atoms with Crippen LogP contribution in [0.5, 0.6) is 0 Å². The van der Waals surface area contributed by atoms with Crippen molar-refractivity contribution in [2.45, 2.75) is 55.3 Å². The van der Waals surface area contributed by atoms with Crippen molar-refractivity contribution < 1.29 is 100 Å². The van der Waals surface area contributed by atoms with E-state index in [9.17, 15) is 70.2 Å². The molecule has 21 heteroatoms. The standard InChI is InChI=1S/C31H14F18N2.Pt/c1-25(2,19-7-3-5-17(50-19)13-9-11-15(32)21(23(13)34)26(36,28(38,39)40)29(41,42)43)20-8-4-6-18(51-20)14-10-12-16(33)22(24(14)35)27(37,30(44,45)46)31(47,48)49;/h3-8,11-12H,1-2H3;/q-2;+2. The quantitative estimate of drug-likeness (QED) is 0.142. The topological polar surface area (TPSA) is 25.8 Å². The molecule has 52 heavy (non-hydrogen) atoms. The molecule has 2 aromatic carbocycles. The fraction of sp³-hybridized carbons (Fsp3) is 0.290. The third kappa shape index (κ3) is 6.75. The molecular formula is C31H14F18N2Pt. The number of nitrogens with zero attached hydrogens (tertiary/aromatic N) is 2. The average molecular weight is 952 g/mol. The molecule has 0 saturated heterocycles. The summed E-state index contributed by atoms with van der Waals surface area (Å²) in [6.45, 7) is 2.44. The van der Waals surface area contributed by atoms with E-state index in [1.807, 2.05) is 0 Å². The number of halogens is 18. The van der Waals surface area contributed by atoms with E-state index in [0.717, 1.165) is 36.4 Å². The zero-order valence-corrected chi connectivity index (χ0v) is 27.4. The van der Waals surface area contributed by atoms with Crippen molar-refractivity contribution in [3.8, 4) is 22.5 Å². The number of rotatable bonds is 6. The molecule has 0 atom stereocenters. The van der Waals surface area contributed by atoms with Crippen LogP contribution in [0.2, 0.25) is 0 Å². The number of hydrogen-bond acceptors (Lipinski definition) is 2. The van der Waals surface area contributed by atoms with Crippen LogP contribution in [0, 0.1) is 35.4 Å². The van der Waals surface area contributed by atoms with E-state index in [0.29, 0.717) is 0 Å². The molecule has 0 fully saturated rings. The van der Waals surface area contributed by atoms with Crippen LogP contribution >= 0.6 is 0 Å². The monoisotopic (exact) mass is 951 g/mol. The van der Waals surface area contributed by atoms with Gasteiger partial charge < -0.3 is 9.97 Å². The Hall–Kier alpha value is -3.83. The van der Waals surface area contributed by atoms with Crippen molar-refractivity contribution in [2.75, 3.05) is 0 Å². The minimum absolute atomic E-state index is 0. The van der Waals surface area contributed by atoms with Crippen molar-refractivity contribution in [2.24, 2.45) is 0 Å². The Morgan fingerprint density at radius 2 is 0.769 bits per heavy atom. The molecule has 2 aromatic heterocycles. The third-order valence-corrected chi connectivity index (χ3v) is 7.58. The summed E-state index contributed by atoms with van der Waals surface area (Å²) >= 11 is 0. The number of hydrogen-bond donors (Lipinski definition) is 0.